The molecule has 3 nitrogen and oxygen atoms in total. The number of anilines is 6. The smallest absolute Gasteiger partial charge is 0.0528 e. The average molecular weight is 672 g/mol. The first-order valence-corrected chi connectivity index (χ1v) is 14.6. The van der Waals surface area contributed by atoms with E-state index < -0.39 is 0 Å². The van der Waals surface area contributed by atoms with Gasteiger partial charge in [-0.2, -0.15) is 0 Å². The van der Waals surface area contributed by atoms with E-state index in [4.69, 9.17) is 0 Å². The Morgan fingerprint density at radius 1 is 0.444 bits per heavy atom. The molecule has 4 aromatic rings. The molecule has 0 spiro atoms. The number of benzene rings is 4. The van der Waals surface area contributed by atoms with Gasteiger partial charge in [-0.1, -0.05) is 39.0 Å². The van der Waals surface area contributed by atoms with E-state index in [0.717, 1.165) is 66.8 Å². The summed E-state index contributed by atoms with van der Waals surface area (Å²) in [7, 11) is 0. The lowest BCUT2D eigenvalue weighted by molar-refractivity contribution is 1.14. The fourth-order valence-electron chi connectivity index (χ4n) is 3.95. The molecule has 0 fully saturated rings. The number of hydrogen-bond donors (Lipinski definition) is 3. The van der Waals surface area contributed by atoms with Gasteiger partial charge < -0.3 is 16.0 Å². The summed E-state index contributed by atoms with van der Waals surface area (Å²) in [5, 5.41) is 10.8. The molecule has 4 aromatic carbocycles. The molecule has 36 heavy (non-hydrogen) atoms. The highest BCUT2D eigenvalue weighted by Crippen LogP contribution is 2.35. The number of aryl methyl sites for hydroxylation is 3. The van der Waals surface area contributed by atoms with Crippen LogP contribution >= 0.6 is 47.8 Å². The maximum atomic E-state index is 3.73. The van der Waals surface area contributed by atoms with E-state index in [1.54, 1.807) is 0 Å². The van der Waals surface area contributed by atoms with Crippen LogP contribution < -0.4 is 16.0 Å². The summed E-state index contributed by atoms with van der Waals surface area (Å²) >= 11 is 11.2. The van der Waals surface area contributed by atoms with Crippen LogP contribution in [0.15, 0.2) is 86.2 Å². The molecule has 186 valence electrons. The third-order valence-electron chi connectivity index (χ3n) is 6.10. The van der Waals surface area contributed by atoms with Gasteiger partial charge in [0.15, 0.2) is 0 Å². The van der Waals surface area contributed by atoms with E-state index in [1.807, 2.05) is 0 Å². The van der Waals surface area contributed by atoms with Crippen LogP contribution in [0.2, 0.25) is 0 Å². The Kier molecular flexibility index (Phi) is 9.15. The van der Waals surface area contributed by atoms with Crippen LogP contribution in [0.5, 0.6) is 0 Å². The number of halogens is 3. The lowest BCUT2D eigenvalue weighted by Crippen LogP contribution is -1.99. The van der Waals surface area contributed by atoms with Gasteiger partial charge in [0, 0.05) is 30.5 Å². The second-order valence-corrected chi connectivity index (χ2v) is 11.2. The number of nitrogens with one attached hydrogen (secondary N) is 3. The summed E-state index contributed by atoms with van der Waals surface area (Å²) in [6, 6.07) is 25.7. The lowest BCUT2D eigenvalue weighted by Gasteiger charge is -2.17. The third kappa shape index (κ3) is 6.72. The minimum Gasteiger partial charge on any atom is -0.354 e. The van der Waals surface area contributed by atoms with Gasteiger partial charge in [-0.05, 0) is 138 Å². The Bertz CT molecular complexity index is 1190. The van der Waals surface area contributed by atoms with E-state index in [2.05, 4.69) is 157 Å². The zero-order chi connectivity index (χ0) is 25.7. The van der Waals surface area contributed by atoms with Crippen molar-refractivity contribution in [2.45, 2.75) is 40.0 Å². The molecule has 0 aliphatic heterocycles. The van der Waals surface area contributed by atoms with Gasteiger partial charge in [0.2, 0.25) is 0 Å². The summed E-state index contributed by atoms with van der Waals surface area (Å²) in [5.41, 5.74) is 9.91. The van der Waals surface area contributed by atoms with Gasteiger partial charge in [0.1, 0.15) is 0 Å². The van der Waals surface area contributed by atoms with Crippen LogP contribution in [-0.2, 0) is 19.3 Å². The fourth-order valence-corrected chi connectivity index (χ4v) is 5.53. The van der Waals surface area contributed by atoms with Crippen LogP contribution in [0.25, 0.3) is 0 Å². The third-order valence-corrected chi connectivity index (χ3v) is 8.06. The van der Waals surface area contributed by atoms with Crippen molar-refractivity contribution in [1.82, 2.24) is 0 Å². The van der Waals surface area contributed by atoms with Crippen molar-refractivity contribution in [3.05, 3.63) is 103 Å². The summed E-state index contributed by atoms with van der Waals surface area (Å²) in [6.07, 6.45) is 3.01. The van der Waals surface area contributed by atoms with Crippen LogP contribution in [0.3, 0.4) is 0 Å². The zero-order valence-electron chi connectivity index (χ0n) is 20.7. The molecular weight excluding hydrogens is 642 g/mol. The maximum absolute atomic E-state index is 3.73. The quantitative estimate of drug-likeness (QED) is 0.166. The minimum absolute atomic E-state index is 0.982. The first kappa shape index (κ1) is 26.8. The summed E-state index contributed by atoms with van der Waals surface area (Å²) in [5.74, 6) is 0. The molecule has 0 amide bonds. The number of rotatable bonds is 9. The Hall–Kier alpha value is -2.28. The van der Waals surface area contributed by atoms with Gasteiger partial charge in [-0.3, -0.25) is 0 Å². The van der Waals surface area contributed by atoms with E-state index >= 15 is 0 Å². The predicted octanol–water partition coefficient (Wildman–Crippen LogP) is 10.9. The molecule has 0 radical (unpaired) electrons. The molecule has 0 aliphatic carbocycles. The molecule has 0 unspecified atom stereocenters. The molecule has 0 heterocycles. The van der Waals surface area contributed by atoms with Gasteiger partial charge in [0.05, 0.1) is 17.1 Å². The highest BCUT2D eigenvalue weighted by molar-refractivity contribution is 9.11. The molecule has 0 aliphatic rings. The molecule has 0 atom stereocenters. The Balaban J connectivity index is 1.69. The summed E-state index contributed by atoms with van der Waals surface area (Å²) in [4.78, 5) is 0. The van der Waals surface area contributed by atoms with Crippen LogP contribution in [0.1, 0.15) is 37.5 Å². The zero-order valence-corrected chi connectivity index (χ0v) is 25.4. The first-order chi connectivity index (χ1) is 17.4. The van der Waals surface area contributed by atoms with Crippen molar-refractivity contribution in [2.24, 2.45) is 0 Å². The Morgan fingerprint density at radius 2 is 0.722 bits per heavy atom. The predicted molar refractivity (Wildman–Crippen MR) is 167 cm³/mol. The normalized spacial score (nSPS) is 10.8. The first-order valence-electron chi connectivity index (χ1n) is 12.2. The molecular formula is C30H30Br3N3. The van der Waals surface area contributed by atoms with Crippen molar-refractivity contribution < 1.29 is 0 Å². The van der Waals surface area contributed by atoms with Crippen LogP contribution in [0, 0.1) is 0 Å². The fraction of sp³-hybridized carbons (Fsp3) is 0.200. The van der Waals surface area contributed by atoms with E-state index in [9.17, 15) is 0 Å². The molecule has 0 bridgehead atoms. The van der Waals surface area contributed by atoms with Crippen molar-refractivity contribution in [2.75, 3.05) is 16.0 Å². The molecule has 0 saturated heterocycles. The summed E-state index contributed by atoms with van der Waals surface area (Å²) < 4.78 is 3.14. The van der Waals surface area contributed by atoms with Gasteiger partial charge >= 0.3 is 0 Å². The SMILES string of the molecule is CCc1ccc(Nc2cc(Nc3ccc(CC)cc3Br)cc(Nc3ccc(CC)cc3Br)c2)c(Br)c1. The van der Waals surface area contributed by atoms with Crippen LogP contribution in [-0.4, -0.2) is 0 Å². The highest BCUT2D eigenvalue weighted by Gasteiger charge is 2.09. The molecule has 0 aromatic heterocycles. The standard InChI is InChI=1S/C30H30Br3N3/c1-4-19-7-10-28(25(31)13-19)34-22-16-23(35-29-11-8-20(5-2)14-26(29)32)18-24(17-22)36-30-12-9-21(6-3)15-27(30)33/h7-18,34-36H,4-6H2,1-3H3. The molecule has 6 heteroatoms. The average Bonchev–Trinajstić information content (AvgIpc) is 2.87. The second-order valence-electron chi connectivity index (χ2n) is 8.68. The van der Waals surface area contributed by atoms with Crippen LogP contribution in [0.4, 0.5) is 34.1 Å². The summed E-state index contributed by atoms with van der Waals surface area (Å²) in [6.45, 7) is 6.49. The minimum atomic E-state index is 0.982. The molecule has 0 saturated carbocycles. The van der Waals surface area contributed by atoms with Gasteiger partial charge in [-0.15, -0.1) is 0 Å². The Morgan fingerprint density at radius 3 is 0.944 bits per heavy atom. The van der Waals surface area contributed by atoms with E-state index in [1.165, 1.54) is 16.7 Å². The van der Waals surface area contributed by atoms with E-state index in [0.29, 0.717) is 0 Å². The van der Waals surface area contributed by atoms with Gasteiger partial charge in [0.25, 0.3) is 0 Å². The van der Waals surface area contributed by atoms with Crippen molar-refractivity contribution in [1.29, 1.82) is 0 Å². The number of hydrogen-bond acceptors (Lipinski definition) is 3. The molecule has 4 rings (SSSR count). The van der Waals surface area contributed by atoms with E-state index in [-0.39, 0.29) is 0 Å². The van der Waals surface area contributed by atoms with Gasteiger partial charge in [-0.25, -0.2) is 0 Å². The second kappa shape index (κ2) is 12.3. The van der Waals surface area contributed by atoms with Crippen molar-refractivity contribution in [3.63, 3.8) is 0 Å². The lowest BCUT2D eigenvalue weighted by atomic mass is 10.1. The van der Waals surface area contributed by atoms with Crippen molar-refractivity contribution in [3.8, 4) is 0 Å². The maximum Gasteiger partial charge on any atom is 0.0528 e. The molecule has 3 N–H and O–H groups in total. The topological polar surface area (TPSA) is 36.1 Å². The largest absolute Gasteiger partial charge is 0.354 e. The van der Waals surface area contributed by atoms with Crippen molar-refractivity contribution >= 4 is 81.9 Å². The highest BCUT2D eigenvalue weighted by atomic mass is 79.9. The Labute approximate surface area is 239 Å². The monoisotopic (exact) mass is 669 g/mol.